The van der Waals surface area contributed by atoms with Gasteiger partial charge in [0.15, 0.2) is 0 Å². The van der Waals surface area contributed by atoms with E-state index in [9.17, 15) is 9.59 Å². The molecule has 1 N–H and O–H groups in total. The Labute approximate surface area is 189 Å². The number of carbonyl (C=O) groups excluding carboxylic acids is 2. The number of fused-ring (bicyclic) bond motifs is 2. The first-order chi connectivity index (χ1) is 15.3. The van der Waals surface area contributed by atoms with Crippen molar-refractivity contribution in [1.29, 1.82) is 0 Å². The van der Waals surface area contributed by atoms with E-state index in [0.29, 0.717) is 24.3 Å². The monoisotopic (exact) mass is 434 g/mol. The molecule has 0 saturated heterocycles. The first-order valence-electron chi connectivity index (χ1n) is 10.9. The molecule has 2 aromatic rings. The lowest BCUT2D eigenvalue weighted by Gasteiger charge is -2.39. The lowest BCUT2D eigenvalue weighted by molar-refractivity contribution is -0.125. The zero-order valence-electron chi connectivity index (χ0n) is 19.3. The number of carbonyl (C=O) groups is 2. The number of nitrogens with one attached hydrogen (secondary N) is 1. The third kappa shape index (κ3) is 3.74. The number of methoxy groups -OCH3 is 2. The first kappa shape index (κ1) is 21.9. The van der Waals surface area contributed by atoms with Gasteiger partial charge in [0.05, 0.1) is 37.6 Å². The summed E-state index contributed by atoms with van der Waals surface area (Å²) < 4.78 is 11.2. The van der Waals surface area contributed by atoms with E-state index in [1.165, 1.54) is 0 Å². The van der Waals surface area contributed by atoms with Crippen LogP contribution in [-0.4, -0.2) is 25.9 Å². The highest BCUT2D eigenvalue weighted by atomic mass is 16.5. The standard InChI is InChI=1S/C26H30N2O4/c1-6-23(30)28-20-10-8-7-9-18(20)27-19-14-26(2,3)15-21(29)24(19)25(28)17-13-16(31-4)11-12-22(17)32-5/h7-14,24-25,27H,6,15H2,1-5H3. The smallest absolute Gasteiger partial charge is 0.227 e. The van der Waals surface area contributed by atoms with E-state index < -0.39 is 12.0 Å². The van der Waals surface area contributed by atoms with Gasteiger partial charge in [-0.25, -0.2) is 0 Å². The minimum Gasteiger partial charge on any atom is -0.497 e. The predicted molar refractivity (Wildman–Crippen MR) is 125 cm³/mol. The van der Waals surface area contributed by atoms with E-state index in [-0.39, 0.29) is 17.1 Å². The molecule has 6 nitrogen and oxygen atoms in total. The van der Waals surface area contributed by atoms with Crippen LogP contribution < -0.4 is 19.7 Å². The average Bonchev–Trinajstić information content (AvgIpc) is 2.91. The minimum absolute atomic E-state index is 0.0620. The number of Topliss-reactive ketones (excluding diaryl/α,β-unsaturated/α-hetero) is 1. The molecule has 0 aromatic heterocycles. The molecule has 32 heavy (non-hydrogen) atoms. The van der Waals surface area contributed by atoms with Gasteiger partial charge in [0, 0.05) is 24.1 Å². The molecular weight excluding hydrogens is 404 g/mol. The van der Waals surface area contributed by atoms with Crippen molar-refractivity contribution in [2.75, 3.05) is 24.4 Å². The van der Waals surface area contributed by atoms with Crippen LogP contribution in [0.5, 0.6) is 11.5 Å². The number of hydrogen-bond acceptors (Lipinski definition) is 5. The molecule has 2 unspecified atom stereocenters. The summed E-state index contributed by atoms with van der Waals surface area (Å²) in [5.74, 6) is 0.738. The largest absolute Gasteiger partial charge is 0.497 e. The van der Waals surface area contributed by atoms with Crippen molar-refractivity contribution in [2.24, 2.45) is 11.3 Å². The molecule has 0 radical (unpaired) electrons. The van der Waals surface area contributed by atoms with Gasteiger partial charge in [-0.05, 0) is 35.7 Å². The molecule has 2 atom stereocenters. The number of para-hydroxylation sites is 2. The Hall–Kier alpha value is -3.28. The topological polar surface area (TPSA) is 67.9 Å². The number of ether oxygens (including phenoxy) is 2. The highest BCUT2D eigenvalue weighted by Crippen LogP contribution is 2.50. The Morgan fingerprint density at radius 2 is 1.91 bits per heavy atom. The van der Waals surface area contributed by atoms with E-state index in [0.717, 1.165) is 22.6 Å². The molecule has 2 aliphatic rings. The molecule has 6 heteroatoms. The SMILES string of the molecule is CCC(=O)N1c2ccccc2NC2=CC(C)(C)CC(=O)C2C1c1cc(OC)ccc1OC. The summed E-state index contributed by atoms with van der Waals surface area (Å²) in [6.07, 6.45) is 2.84. The highest BCUT2D eigenvalue weighted by molar-refractivity contribution is 6.01. The molecule has 4 rings (SSSR count). The van der Waals surface area contributed by atoms with E-state index >= 15 is 0 Å². The summed E-state index contributed by atoms with van der Waals surface area (Å²) in [6.45, 7) is 5.96. The van der Waals surface area contributed by atoms with Gasteiger partial charge in [0.25, 0.3) is 0 Å². The lowest BCUT2D eigenvalue weighted by Crippen LogP contribution is -2.43. The summed E-state index contributed by atoms with van der Waals surface area (Å²) in [5.41, 5.74) is 2.84. The number of amides is 1. The Morgan fingerprint density at radius 1 is 1.16 bits per heavy atom. The van der Waals surface area contributed by atoms with Crippen molar-refractivity contribution in [3.05, 3.63) is 59.8 Å². The normalized spacial score (nSPS) is 21.5. The number of rotatable bonds is 4. The van der Waals surface area contributed by atoms with Crippen molar-refractivity contribution in [3.8, 4) is 11.5 Å². The zero-order valence-corrected chi connectivity index (χ0v) is 19.3. The van der Waals surface area contributed by atoms with E-state index in [4.69, 9.17) is 9.47 Å². The fourth-order valence-electron chi connectivity index (χ4n) is 4.85. The number of anilines is 2. The van der Waals surface area contributed by atoms with Gasteiger partial charge in [0.1, 0.15) is 17.3 Å². The number of benzene rings is 2. The Balaban J connectivity index is 2.05. The fourth-order valence-corrected chi connectivity index (χ4v) is 4.85. The number of allylic oxidation sites excluding steroid dienone is 1. The molecule has 0 fully saturated rings. The van der Waals surface area contributed by atoms with Gasteiger partial charge in [-0.1, -0.05) is 39.0 Å². The van der Waals surface area contributed by atoms with Crippen molar-refractivity contribution >= 4 is 23.1 Å². The highest BCUT2D eigenvalue weighted by Gasteiger charge is 2.46. The number of ketones is 1. The van der Waals surface area contributed by atoms with Crippen LogP contribution in [-0.2, 0) is 9.59 Å². The van der Waals surface area contributed by atoms with Crippen molar-refractivity contribution in [2.45, 2.75) is 39.7 Å². The Bertz CT molecular complexity index is 1090. The second-order valence-corrected chi connectivity index (χ2v) is 9.02. The molecule has 1 amide bonds. The predicted octanol–water partition coefficient (Wildman–Crippen LogP) is 5.11. The van der Waals surface area contributed by atoms with Crippen LogP contribution in [0.15, 0.2) is 54.2 Å². The molecule has 0 bridgehead atoms. The van der Waals surface area contributed by atoms with Gasteiger partial charge in [-0.3, -0.25) is 9.59 Å². The fraction of sp³-hybridized carbons (Fsp3) is 0.385. The summed E-state index contributed by atoms with van der Waals surface area (Å²) in [5, 5.41) is 3.50. The van der Waals surface area contributed by atoms with Crippen LogP contribution in [0.3, 0.4) is 0 Å². The Kier molecular flexibility index (Phi) is 5.71. The molecular formula is C26H30N2O4. The van der Waals surface area contributed by atoms with E-state index in [1.807, 2.05) is 49.4 Å². The van der Waals surface area contributed by atoms with Crippen LogP contribution in [0, 0.1) is 11.3 Å². The molecule has 2 aromatic carbocycles. The van der Waals surface area contributed by atoms with E-state index in [2.05, 4.69) is 25.2 Å². The van der Waals surface area contributed by atoms with Crippen LogP contribution in [0.2, 0.25) is 0 Å². The molecule has 0 saturated carbocycles. The molecule has 168 valence electrons. The number of nitrogens with zero attached hydrogens (tertiary/aromatic N) is 1. The summed E-state index contributed by atoms with van der Waals surface area (Å²) in [7, 11) is 3.20. The second-order valence-electron chi connectivity index (χ2n) is 9.02. The van der Waals surface area contributed by atoms with Crippen LogP contribution in [0.4, 0.5) is 11.4 Å². The van der Waals surface area contributed by atoms with Crippen molar-refractivity contribution < 1.29 is 19.1 Å². The third-order valence-corrected chi connectivity index (χ3v) is 6.22. The quantitative estimate of drug-likeness (QED) is 0.724. The molecule has 1 aliphatic heterocycles. The van der Waals surface area contributed by atoms with Gasteiger partial charge in [0.2, 0.25) is 5.91 Å². The molecule has 1 aliphatic carbocycles. The minimum atomic E-state index is -0.571. The van der Waals surface area contributed by atoms with Gasteiger partial charge < -0.3 is 19.7 Å². The van der Waals surface area contributed by atoms with Crippen molar-refractivity contribution in [3.63, 3.8) is 0 Å². The van der Waals surface area contributed by atoms with Crippen LogP contribution in [0.25, 0.3) is 0 Å². The zero-order chi connectivity index (χ0) is 23.0. The average molecular weight is 435 g/mol. The third-order valence-electron chi connectivity index (χ3n) is 6.22. The van der Waals surface area contributed by atoms with Gasteiger partial charge >= 0.3 is 0 Å². The summed E-state index contributed by atoms with van der Waals surface area (Å²) in [6, 6.07) is 12.6. The second kappa shape index (κ2) is 8.34. The summed E-state index contributed by atoms with van der Waals surface area (Å²) in [4.78, 5) is 28.8. The van der Waals surface area contributed by atoms with Crippen molar-refractivity contribution in [1.82, 2.24) is 0 Å². The van der Waals surface area contributed by atoms with Crippen LogP contribution in [0.1, 0.15) is 45.2 Å². The maximum absolute atomic E-state index is 13.7. The molecule has 1 heterocycles. The first-order valence-corrected chi connectivity index (χ1v) is 10.9. The Morgan fingerprint density at radius 3 is 2.59 bits per heavy atom. The van der Waals surface area contributed by atoms with Gasteiger partial charge in [-0.15, -0.1) is 0 Å². The maximum Gasteiger partial charge on any atom is 0.227 e. The van der Waals surface area contributed by atoms with Crippen LogP contribution >= 0.6 is 0 Å². The van der Waals surface area contributed by atoms with Gasteiger partial charge in [-0.2, -0.15) is 0 Å². The van der Waals surface area contributed by atoms with E-state index in [1.54, 1.807) is 19.1 Å². The summed E-state index contributed by atoms with van der Waals surface area (Å²) >= 11 is 0. The maximum atomic E-state index is 13.7. The molecule has 0 spiro atoms. The number of hydrogen-bond donors (Lipinski definition) is 1. The lowest BCUT2D eigenvalue weighted by atomic mass is 9.72.